The van der Waals surface area contributed by atoms with Crippen molar-refractivity contribution in [2.24, 2.45) is 0 Å². The summed E-state index contributed by atoms with van der Waals surface area (Å²) in [5.41, 5.74) is 3.10. The molecule has 0 spiro atoms. The fourth-order valence-electron chi connectivity index (χ4n) is 2.91. The highest BCUT2D eigenvalue weighted by Crippen LogP contribution is 2.30. The standard InChI is InChI=1S/C19H21N3O4/c1-25-18(23)15-5-3-4-10-22(17(15)19(24)26-2)14-7-6-13-12-20-8-9-21-16(13)11-14/h3-7,10-11,20-21H,8-9,12H2,1-2H3. The van der Waals surface area contributed by atoms with Crippen LogP contribution in [0.5, 0.6) is 0 Å². The fraction of sp³-hybridized carbons (Fsp3) is 0.263. The molecule has 26 heavy (non-hydrogen) atoms. The van der Waals surface area contributed by atoms with Gasteiger partial charge in [0.25, 0.3) is 0 Å². The maximum absolute atomic E-state index is 12.5. The number of ether oxygens (including phenoxy) is 2. The highest BCUT2D eigenvalue weighted by atomic mass is 16.5. The maximum atomic E-state index is 12.5. The molecule has 3 rings (SSSR count). The third kappa shape index (κ3) is 3.48. The number of anilines is 2. The van der Waals surface area contributed by atoms with Crippen LogP contribution in [0.3, 0.4) is 0 Å². The van der Waals surface area contributed by atoms with Crippen LogP contribution in [0, 0.1) is 0 Å². The lowest BCUT2D eigenvalue weighted by Crippen LogP contribution is -2.27. The predicted molar refractivity (Wildman–Crippen MR) is 98.5 cm³/mol. The summed E-state index contributed by atoms with van der Waals surface area (Å²) in [4.78, 5) is 26.3. The quantitative estimate of drug-likeness (QED) is 0.799. The largest absolute Gasteiger partial charge is 0.465 e. The van der Waals surface area contributed by atoms with Gasteiger partial charge in [-0.2, -0.15) is 0 Å². The van der Waals surface area contributed by atoms with Gasteiger partial charge < -0.3 is 25.0 Å². The predicted octanol–water partition coefficient (Wildman–Crippen LogP) is 1.69. The fourth-order valence-corrected chi connectivity index (χ4v) is 2.91. The van der Waals surface area contributed by atoms with Crippen LogP contribution in [0.1, 0.15) is 5.56 Å². The molecular weight excluding hydrogens is 334 g/mol. The molecule has 0 saturated carbocycles. The normalized spacial score (nSPS) is 16.3. The highest BCUT2D eigenvalue weighted by Gasteiger charge is 2.27. The Kier molecular flexibility index (Phi) is 5.38. The molecule has 0 unspecified atom stereocenters. The van der Waals surface area contributed by atoms with Gasteiger partial charge in [0.15, 0.2) is 0 Å². The average molecular weight is 355 g/mol. The Morgan fingerprint density at radius 2 is 1.88 bits per heavy atom. The molecule has 0 atom stereocenters. The zero-order valence-electron chi connectivity index (χ0n) is 14.7. The first kappa shape index (κ1) is 17.8. The van der Waals surface area contributed by atoms with Crippen LogP contribution in [0.4, 0.5) is 11.4 Å². The summed E-state index contributed by atoms with van der Waals surface area (Å²) in [6, 6.07) is 5.85. The van der Waals surface area contributed by atoms with Crippen molar-refractivity contribution in [2.75, 3.05) is 37.5 Å². The number of carbonyl (C=O) groups is 2. The Morgan fingerprint density at radius 3 is 2.65 bits per heavy atom. The lowest BCUT2D eigenvalue weighted by molar-refractivity contribution is -0.139. The Hall–Kier alpha value is -3.06. The zero-order chi connectivity index (χ0) is 18.5. The van der Waals surface area contributed by atoms with Crippen molar-refractivity contribution in [2.45, 2.75) is 6.54 Å². The smallest absolute Gasteiger partial charge is 0.355 e. The molecule has 0 fully saturated rings. The van der Waals surface area contributed by atoms with E-state index in [1.54, 1.807) is 29.3 Å². The molecule has 0 aliphatic carbocycles. The van der Waals surface area contributed by atoms with Crippen molar-refractivity contribution in [3.63, 3.8) is 0 Å². The van der Waals surface area contributed by atoms with Crippen molar-refractivity contribution >= 4 is 23.3 Å². The molecule has 1 aromatic rings. The summed E-state index contributed by atoms with van der Waals surface area (Å²) in [6.07, 6.45) is 6.69. The Labute approximate surface area is 152 Å². The molecule has 0 amide bonds. The summed E-state index contributed by atoms with van der Waals surface area (Å²) < 4.78 is 9.75. The van der Waals surface area contributed by atoms with Gasteiger partial charge in [0.1, 0.15) is 5.70 Å². The molecule has 0 saturated heterocycles. The number of hydrogen-bond donors (Lipinski definition) is 2. The first-order valence-electron chi connectivity index (χ1n) is 8.28. The minimum absolute atomic E-state index is 0.107. The second-order valence-corrected chi connectivity index (χ2v) is 5.76. The second-order valence-electron chi connectivity index (χ2n) is 5.76. The first-order chi connectivity index (χ1) is 12.7. The van der Waals surface area contributed by atoms with Gasteiger partial charge in [-0.15, -0.1) is 0 Å². The van der Waals surface area contributed by atoms with E-state index in [9.17, 15) is 9.59 Å². The minimum Gasteiger partial charge on any atom is -0.465 e. The van der Waals surface area contributed by atoms with Crippen LogP contribution in [0.2, 0.25) is 0 Å². The van der Waals surface area contributed by atoms with Crippen molar-refractivity contribution in [1.82, 2.24) is 5.32 Å². The lowest BCUT2D eigenvalue weighted by Gasteiger charge is -2.24. The Balaban J connectivity index is 2.10. The highest BCUT2D eigenvalue weighted by molar-refractivity contribution is 6.05. The van der Waals surface area contributed by atoms with E-state index in [4.69, 9.17) is 9.47 Å². The second kappa shape index (κ2) is 7.88. The number of esters is 2. The van der Waals surface area contributed by atoms with E-state index in [1.807, 2.05) is 18.2 Å². The summed E-state index contributed by atoms with van der Waals surface area (Å²) >= 11 is 0. The van der Waals surface area contributed by atoms with Gasteiger partial charge in [0, 0.05) is 37.2 Å². The lowest BCUT2D eigenvalue weighted by atomic mass is 10.1. The van der Waals surface area contributed by atoms with E-state index in [0.717, 1.165) is 36.6 Å². The van der Waals surface area contributed by atoms with Gasteiger partial charge in [-0.25, -0.2) is 9.59 Å². The number of benzene rings is 1. The first-order valence-corrected chi connectivity index (χ1v) is 8.28. The molecule has 2 heterocycles. The van der Waals surface area contributed by atoms with Gasteiger partial charge in [0.2, 0.25) is 0 Å². The van der Waals surface area contributed by atoms with Crippen LogP contribution < -0.4 is 15.5 Å². The average Bonchev–Trinajstić information content (AvgIpc) is 3.04. The molecule has 2 aliphatic heterocycles. The van der Waals surface area contributed by atoms with Crippen molar-refractivity contribution in [3.8, 4) is 0 Å². The van der Waals surface area contributed by atoms with Crippen LogP contribution in [-0.2, 0) is 25.6 Å². The molecule has 7 heteroatoms. The van der Waals surface area contributed by atoms with Crippen LogP contribution >= 0.6 is 0 Å². The third-order valence-corrected chi connectivity index (χ3v) is 4.19. The molecule has 0 bridgehead atoms. The van der Waals surface area contributed by atoms with Gasteiger partial charge in [-0.3, -0.25) is 0 Å². The molecule has 1 aromatic carbocycles. The molecule has 0 aromatic heterocycles. The molecule has 7 nitrogen and oxygen atoms in total. The van der Waals surface area contributed by atoms with E-state index in [1.165, 1.54) is 14.2 Å². The van der Waals surface area contributed by atoms with Gasteiger partial charge in [-0.05, 0) is 29.8 Å². The SMILES string of the molecule is COC(=O)C1=C(C(=O)OC)N(c2ccc3c(c2)NCCNC3)C=CC=C1. The van der Waals surface area contributed by atoms with Crippen LogP contribution in [-0.4, -0.2) is 39.2 Å². The number of nitrogens with one attached hydrogen (secondary N) is 2. The van der Waals surface area contributed by atoms with E-state index in [-0.39, 0.29) is 11.3 Å². The van der Waals surface area contributed by atoms with Gasteiger partial charge in [-0.1, -0.05) is 12.1 Å². The van der Waals surface area contributed by atoms with Crippen LogP contribution in [0.15, 0.2) is 53.9 Å². The topological polar surface area (TPSA) is 79.9 Å². The number of rotatable bonds is 3. The zero-order valence-corrected chi connectivity index (χ0v) is 14.7. The molecule has 2 aliphatic rings. The molecule has 0 radical (unpaired) electrons. The van der Waals surface area contributed by atoms with Gasteiger partial charge >= 0.3 is 11.9 Å². The van der Waals surface area contributed by atoms with E-state index in [2.05, 4.69) is 10.6 Å². The third-order valence-electron chi connectivity index (χ3n) is 4.19. The van der Waals surface area contributed by atoms with Crippen LogP contribution in [0.25, 0.3) is 0 Å². The summed E-state index contributed by atoms with van der Waals surface area (Å²) in [7, 11) is 2.56. The number of allylic oxidation sites excluding steroid dienone is 2. The number of carbonyl (C=O) groups excluding carboxylic acids is 2. The number of nitrogens with zero attached hydrogens (tertiary/aromatic N) is 1. The molecular formula is C19H21N3O4. The molecule has 136 valence electrons. The number of hydrogen-bond acceptors (Lipinski definition) is 7. The van der Waals surface area contributed by atoms with Gasteiger partial charge in [0.05, 0.1) is 19.8 Å². The van der Waals surface area contributed by atoms with E-state index >= 15 is 0 Å². The minimum atomic E-state index is -0.619. The van der Waals surface area contributed by atoms with Crippen molar-refractivity contribution < 1.29 is 19.1 Å². The summed E-state index contributed by atoms with van der Waals surface area (Å²) in [6.45, 7) is 2.45. The number of fused-ring (bicyclic) bond motifs is 1. The van der Waals surface area contributed by atoms with E-state index in [0.29, 0.717) is 0 Å². The Morgan fingerprint density at radius 1 is 1.08 bits per heavy atom. The monoisotopic (exact) mass is 355 g/mol. The molecule has 2 N–H and O–H groups in total. The summed E-state index contributed by atoms with van der Waals surface area (Å²) in [5.74, 6) is -1.22. The maximum Gasteiger partial charge on any atom is 0.355 e. The van der Waals surface area contributed by atoms with E-state index < -0.39 is 11.9 Å². The van der Waals surface area contributed by atoms with Crippen molar-refractivity contribution in [3.05, 3.63) is 59.5 Å². The van der Waals surface area contributed by atoms with Crippen molar-refractivity contribution in [1.29, 1.82) is 0 Å². The number of methoxy groups -OCH3 is 2. The summed E-state index contributed by atoms with van der Waals surface area (Å²) in [5, 5.41) is 6.70. The Bertz CT molecular complexity index is 811.